The Morgan fingerprint density at radius 2 is 1.75 bits per heavy atom. The van der Waals surface area contributed by atoms with Gasteiger partial charge in [0.25, 0.3) is 5.82 Å². The van der Waals surface area contributed by atoms with Crippen molar-refractivity contribution >= 4 is 11.6 Å². The summed E-state index contributed by atoms with van der Waals surface area (Å²) in [7, 11) is 0. The van der Waals surface area contributed by atoms with Gasteiger partial charge in [-0.3, -0.25) is 0 Å². The molecular formula is C10H14ClN3O2. The average molecular weight is 244 g/mol. The van der Waals surface area contributed by atoms with Crippen LogP contribution in [0, 0.1) is 0 Å². The normalized spacial score (nSPS) is 7.75. The number of nitrogens with one attached hydrogen (secondary N) is 2. The quantitative estimate of drug-likeness (QED) is 0.607. The van der Waals surface area contributed by atoms with Crippen LogP contribution >= 0.6 is 0 Å². The minimum atomic E-state index is 0. The summed E-state index contributed by atoms with van der Waals surface area (Å²) in [5.41, 5.74) is 0. The van der Waals surface area contributed by atoms with E-state index in [2.05, 4.69) is 15.3 Å². The second-order valence-corrected chi connectivity index (χ2v) is 2.62. The molecule has 0 atom stereocenters. The van der Waals surface area contributed by atoms with Gasteiger partial charge in [-0.05, 0) is 12.1 Å². The highest BCUT2D eigenvalue weighted by atomic mass is 35.5. The van der Waals surface area contributed by atoms with Gasteiger partial charge in [0.05, 0.1) is 6.20 Å². The van der Waals surface area contributed by atoms with Gasteiger partial charge in [-0.2, -0.15) is 0 Å². The van der Waals surface area contributed by atoms with Crippen LogP contribution in [-0.4, -0.2) is 15.9 Å². The molecule has 0 bridgehead atoms. The van der Waals surface area contributed by atoms with E-state index in [0.717, 1.165) is 11.6 Å². The zero-order valence-electron chi connectivity index (χ0n) is 8.44. The molecule has 0 unspecified atom stereocenters. The third-order valence-corrected chi connectivity index (χ3v) is 1.64. The molecule has 2 aromatic rings. The molecule has 0 aliphatic carbocycles. The van der Waals surface area contributed by atoms with E-state index >= 15 is 0 Å². The van der Waals surface area contributed by atoms with Crippen LogP contribution in [0.5, 0.6) is 0 Å². The molecule has 6 N–H and O–H groups in total. The smallest absolute Gasteiger partial charge is 0.278 e. The lowest BCUT2D eigenvalue weighted by molar-refractivity contribution is -0.360. The van der Waals surface area contributed by atoms with E-state index in [1.165, 1.54) is 0 Å². The van der Waals surface area contributed by atoms with Gasteiger partial charge in [0, 0.05) is 18.3 Å². The Hall–Kier alpha value is -1.69. The molecule has 0 aliphatic rings. The third-order valence-electron chi connectivity index (χ3n) is 1.64. The van der Waals surface area contributed by atoms with Gasteiger partial charge < -0.3 is 23.4 Å². The Balaban J connectivity index is 0. The summed E-state index contributed by atoms with van der Waals surface area (Å²) in [5, 5.41) is 3.14. The van der Waals surface area contributed by atoms with Crippen LogP contribution in [-0.2, 0) is 0 Å². The van der Waals surface area contributed by atoms with Crippen LogP contribution in [0.3, 0.4) is 0 Å². The number of anilines is 2. The Bertz CT molecular complexity index is 335. The van der Waals surface area contributed by atoms with Crippen LogP contribution in [0.1, 0.15) is 0 Å². The van der Waals surface area contributed by atoms with E-state index in [4.69, 9.17) is 0 Å². The van der Waals surface area contributed by atoms with Gasteiger partial charge in [0.2, 0.25) is 5.82 Å². The highest BCUT2D eigenvalue weighted by Crippen LogP contribution is 2.06. The largest absolute Gasteiger partial charge is 1.00 e. The lowest BCUT2D eigenvalue weighted by Gasteiger charge is -1.94. The molecule has 6 heteroatoms. The second kappa shape index (κ2) is 8.60. The fourth-order valence-electron chi connectivity index (χ4n) is 1.05. The fraction of sp³-hybridized carbons (Fsp3) is 0. The maximum atomic E-state index is 4.14. The molecule has 5 nitrogen and oxygen atoms in total. The van der Waals surface area contributed by atoms with Crippen molar-refractivity contribution in [1.29, 1.82) is 0 Å². The highest BCUT2D eigenvalue weighted by Gasteiger charge is 2.00. The second-order valence-electron chi connectivity index (χ2n) is 2.62. The maximum Gasteiger partial charge on any atom is 0.278 e. The van der Waals surface area contributed by atoms with Crippen molar-refractivity contribution in [3.63, 3.8) is 0 Å². The van der Waals surface area contributed by atoms with Crippen LogP contribution in [0.4, 0.5) is 11.6 Å². The lowest BCUT2D eigenvalue weighted by atomic mass is 10.4. The topological polar surface area (TPSA) is 102 Å². The Kier molecular flexibility index (Phi) is 9.00. The van der Waals surface area contributed by atoms with Gasteiger partial charge in [-0.25, -0.2) is 15.3 Å². The summed E-state index contributed by atoms with van der Waals surface area (Å²) in [4.78, 5) is 7.21. The fourth-order valence-corrected chi connectivity index (χ4v) is 1.05. The minimum Gasteiger partial charge on any atom is -1.00 e. The molecule has 0 spiro atoms. The van der Waals surface area contributed by atoms with E-state index in [1.807, 2.05) is 42.6 Å². The van der Waals surface area contributed by atoms with E-state index in [1.54, 1.807) is 6.20 Å². The summed E-state index contributed by atoms with van der Waals surface area (Å²) >= 11 is 0. The number of pyridine rings is 2. The van der Waals surface area contributed by atoms with E-state index < -0.39 is 0 Å². The summed E-state index contributed by atoms with van der Waals surface area (Å²) < 4.78 is 0. The van der Waals surface area contributed by atoms with Gasteiger partial charge in [-0.1, -0.05) is 12.1 Å². The molecule has 0 radical (unpaired) electrons. The van der Waals surface area contributed by atoms with Crippen molar-refractivity contribution in [1.82, 2.24) is 4.98 Å². The number of rotatable bonds is 2. The van der Waals surface area contributed by atoms with Crippen molar-refractivity contribution in [2.24, 2.45) is 0 Å². The van der Waals surface area contributed by atoms with Crippen LogP contribution in [0.2, 0.25) is 0 Å². The molecule has 2 rings (SSSR count). The Morgan fingerprint density at radius 3 is 2.31 bits per heavy atom. The summed E-state index contributed by atoms with van der Waals surface area (Å²) in [6.07, 6.45) is 3.62. The summed E-state index contributed by atoms with van der Waals surface area (Å²) in [6, 6.07) is 11.6. The molecule has 0 aliphatic heterocycles. The summed E-state index contributed by atoms with van der Waals surface area (Å²) in [6.45, 7) is 0. The highest BCUT2D eigenvalue weighted by molar-refractivity contribution is 5.47. The van der Waals surface area contributed by atoms with Crippen molar-refractivity contribution in [2.45, 2.75) is 0 Å². The standard InChI is InChI=1S/C10H9N3.ClH.2H2O/c1-3-7-11-9(5-1)13-10-6-2-4-8-12-10;;;/h1-8H,(H,11,12,13);1H;2*1H2. The lowest BCUT2D eigenvalue weighted by Crippen LogP contribution is -3.00. The molecule has 0 amide bonds. The predicted molar refractivity (Wildman–Crippen MR) is 57.7 cm³/mol. The number of aromatic nitrogens is 2. The molecular weight excluding hydrogens is 230 g/mol. The van der Waals surface area contributed by atoms with Gasteiger partial charge in [-0.15, -0.1) is 0 Å². The predicted octanol–water partition coefficient (Wildman–Crippen LogP) is -3.01. The molecule has 2 heterocycles. The van der Waals surface area contributed by atoms with Crippen molar-refractivity contribution in [2.75, 3.05) is 5.32 Å². The first-order valence-electron chi connectivity index (χ1n) is 4.10. The monoisotopic (exact) mass is 243 g/mol. The zero-order chi connectivity index (χ0) is 8.93. The SMILES string of the molecule is O.O.[Cl-].c1ccc(Nc2cccc[nH+]2)nc1. The van der Waals surface area contributed by atoms with Crippen molar-refractivity contribution < 1.29 is 28.3 Å². The summed E-state index contributed by atoms with van der Waals surface area (Å²) in [5.74, 6) is 1.77. The van der Waals surface area contributed by atoms with Crippen molar-refractivity contribution in [3.05, 3.63) is 48.8 Å². The first-order valence-corrected chi connectivity index (χ1v) is 4.10. The molecule has 0 saturated carbocycles. The molecule has 0 saturated heterocycles. The van der Waals surface area contributed by atoms with Crippen LogP contribution < -0.4 is 22.7 Å². The zero-order valence-corrected chi connectivity index (χ0v) is 9.20. The number of hydrogen-bond acceptors (Lipinski definition) is 2. The van der Waals surface area contributed by atoms with Crippen LogP contribution in [0.25, 0.3) is 0 Å². The van der Waals surface area contributed by atoms with Gasteiger partial charge in [0.15, 0.2) is 0 Å². The number of aromatic amines is 1. The minimum absolute atomic E-state index is 0. The van der Waals surface area contributed by atoms with Gasteiger partial charge in [0.1, 0.15) is 0 Å². The van der Waals surface area contributed by atoms with Gasteiger partial charge >= 0.3 is 0 Å². The number of H-pyrrole nitrogens is 1. The maximum absolute atomic E-state index is 4.14. The van der Waals surface area contributed by atoms with E-state index in [9.17, 15) is 0 Å². The average Bonchev–Trinajstić information content (AvgIpc) is 2.21. The first kappa shape index (κ1) is 16.7. The number of halogens is 1. The molecule has 0 fully saturated rings. The first-order chi connectivity index (χ1) is 6.45. The van der Waals surface area contributed by atoms with E-state index in [0.29, 0.717) is 0 Å². The molecule has 2 aromatic heterocycles. The molecule has 16 heavy (non-hydrogen) atoms. The van der Waals surface area contributed by atoms with Crippen LogP contribution in [0.15, 0.2) is 48.8 Å². The molecule has 0 aromatic carbocycles. The number of nitrogens with zero attached hydrogens (tertiary/aromatic N) is 1. The Morgan fingerprint density at radius 1 is 1.00 bits per heavy atom. The van der Waals surface area contributed by atoms with Crippen molar-refractivity contribution in [3.8, 4) is 0 Å². The Labute approximate surface area is 99.6 Å². The third kappa shape index (κ3) is 4.70. The van der Waals surface area contributed by atoms with E-state index in [-0.39, 0.29) is 23.4 Å². The number of hydrogen-bond donors (Lipinski definition) is 1. The molecule has 88 valence electrons.